The van der Waals surface area contributed by atoms with Gasteiger partial charge < -0.3 is 15.3 Å². The van der Waals surface area contributed by atoms with Crippen LogP contribution in [-0.2, 0) is 4.79 Å². The van der Waals surface area contributed by atoms with Crippen LogP contribution >= 0.6 is 12.2 Å². The lowest BCUT2D eigenvalue weighted by molar-refractivity contribution is -0.140. The number of thiocarbonyl (C=S) groups is 1. The summed E-state index contributed by atoms with van der Waals surface area (Å²) in [5, 5.41) is 12.1. The summed E-state index contributed by atoms with van der Waals surface area (Å²) in [6.45, 7) is 2.59. The maximum atomic E-state index is 10.7. The Bertz CT molecular complexity index is 219. The summed E-state index contributed by atoms with van der Waals surface area (Å²) >= 11 is 4.93. The summed E-state index contributed by atoms with van der Waals surface area (Å²) in [5.74, 6) is -0.753. The second-order valence-electron chi connectivity index (χ2n) is 3.12. The van der Waals surface area contributed by atoms with E-state index < -0.39 is 12.0 Å². The van der Waals surface area contributed by atoms with Crippen LogP contribution in [0.25, 0.3) is 0 Å². The summed E-state index contributed by atoms with van der Waals surface area (Å²) < 4.78 is 0. The fourth-order valence-electron chi connectivity index (χ4n) is 1.31. The molecule has 4 nitrogen and oxygen atoms in total. The van der Waals surface area contributed by atoms with Gasteiger partial charge in [-0.25, -0.2) is 4.79 Å². The first-order valence-corrected chi connectivity index (χ1v) is 4.17. The quantitative estimate of drug-likeness (QED) is 0.563. The Morgan fingerprint density at radius 1 is 1.83 bits per heavy atom. The highest BCUT2D eigenvalue weighted by molar-refractivity contribution is 7.80. The third-order valence-electron chi connectivity index (χ3n) is 2.02. The lowest BCUT2D eigenvalue weighted by atomic mass is 10.00. The molecule has 5 heteroatoms. The standard InChI is InChI=1S/C7H12N2O2S/c1-4-3-9(2)7(12)8-5(4)6(10)11/h4-5H,3H2,1-2H3,(H,8,12)(H,10,11). The van der Waals surface area contributed by atoms with Crippen LogP contribution < -0.4 is 5.32 Å². The van der Waals surface area contributed by atoms with Gasteiger partial charge in [0.15, 0.2) is 5.11 Å². The summed E-state index contributed by atoms with van der Waals surface area (Å²) in [6.07, 6.45) is 0. The van der Waals surface area contributed by atoms with Gasteiger partial charge in [-0.15, -0.1) is 0 Å². The Morgan fingerprint density at radius 3 is 2.92 bits per heavy atom. The molecule has 0 bridgehead atoms. The van der Waals surface area contributed by atoms with Gasteiger partial charge in [-0.1, -0.05) is 6.92 Å². The molecule has 0 spiro atoms. The Hall–Kier alpha value is -0.840. The second-order valence-corrected chi connectivity index (χ2v) is 3.51. The monoisotopic (exact) mass is 188 g/mol. The molecule has 0 aliphatic carbocycles. The lowest BCUT2D eigenvalue weighted by Gasteiger charge is -2.35. The molecule has 1 heterocycles. The van der Waals surface area contributed by atoms with Crippen LogP contribution in [0.5, 0.6) is 0 Å². The predicted octanol–water partition coefficient (Wildman–Crippen LogP) is -0.104. The zero-order valence-corrected chi connectivity index (χ0v) is 7.89. The fraction of sp³-hybridized carbons (Fsp3) is 0.714. The van der Waals surface area contributed by atoms with Crippen LogP contribution in [0.2, 0.25) is 0 Å². The van der Waals surface area contributed by atoms with Crippen molar-refractivity contribution in [1.29, 1.82) is 0 Å². The average Bonchev–Trinajstić information content (AvgIpc) is 1.96. The fourth-order valence-corrected chi connectivity index (χ4v) is 1.51. The topological polar surface area (TPSA) is 52.6 Å². The first kappa shape index (κ1) is 9.25. The van der Waals surface area contributed by atoms with Crippen molar-refractivity contribution in [3.63, 3.8) is 0 Å². The van der Waals surface area contributed by atoms with E-state index in [0.717, 1.165) is 0 Å². The Balaban J connectivity index is 2.68. The summed E-state index contributed by atoms with van der Waals surface area (Å²) in [7, 11) is 1.85. The van der Waals surface area contributed by atoms with Gasteiger partial charge in [0.2, 0.25) is 0 Å². The molecule has 0 aromatic heterocycles. The van der Waals surface area contributed by atoms with E-state index in [1.54, 1.807) is 0 Å². The molecule has 1 aliphatic heterocycles. The Labute approximate surface area is 76.5 Å². The van der Waals surface area contributed by atoms with Gasteiger partial charge >= 0.3 is 5.97 Å². The van der Waals surface area contributed by atoms with Crippen molar-refractivity contribution in [3.05, 3.63) is 0 Å². The molecule has 0 aromatic carbocycles. The molecule has 1 fully saturated rings. The molecule has 1 rings (SSSR count). The van der Waals surface area contributed by atoms with Crippen molar-refractivity contribution in [2.75, 3.05) is 13.6 Å². The molecule has 2 unspecified atom stereocenters. The number of hydrogen-bond acceptors (Lipinski definition) is 2. The first-order valence-electron chi connectivity index (χ1n) is 3.77. The van der Waals surface area contributed by atoms with E-state index in [9.17, 15) is 4.79 Å². The minimum atomic E-state index is -0.835. The molecular weight excluding hydrogens is 176 g/mol. The number of carboxylic acids is 1. The van der Waals surface area contributed by atoms with Crippen LogP contribution in [0, 0.1) is 5.92 Å². The van der Waals surface area contributed by atoms with Gasteiger partial charge in [-0.3, -0.25) is 0 Å². The molecule has 2 N–H and O–H groups in total. The Morgan fingerprint density at radius 2 is 2.42 bits per heavy atom. The number of carbonyl (C=O) groups is 1. The Kier molecular flexibility index (Phi) is 2.52. The van der Waals surface area contributed by atoms with E-state index in [0.29, 0.717) is 11.7 Å². The molecule has 68 valence electrons. The smallest absolute Gasteiger partial charge is 0.326 e. The predicted molar refractivity (Wildman–Crippen MR) is 49.0 cm³/mol. The maximum absolute atomic E-state index is 10.7. The van der Waals surface area contributed by atoms with Crippen molar-refractivity contribution in [1.82, 2.24) is 10.2 Å². The SMILES string of the molecule is CC1CN(C)C(=S)NC1C(=O)O. The van der Waals surface area contributed by atoms with Gasteiger partial charge in [0, 0.05) is 19.5 Å². The number of nitrogens with zero attached hydrogens (tertiary/aromatic N) is 1. The molecule has 0 amide bonds. The number of hydrogen-bond donors (Lipinski definition) is 2. The van der Waals surface area contributed by atoms with Crippen molar-refractivity contribution in [3.8, 4) is 0 Å². The van der Waals surface area contributed by atoms with E-state index in [1.165, 1.54) is 0 Å². The van der Waals surface area contributed by atoms with Crippen molar-refractivity contribution in [2.24, 2.45) is 5.92 Å². The van der Waals surface area contributed by atoms with E-state index in [2.05, 4.69) is 5.32 Å². The molecule has 0 saturated carbocycles. The molecule has 1 aliphatic rings. The van der Waals surface area contributed by atoms with E-state index in [4.69, 9.17) is 17.3 Å². The highest BCUT2D eigenvalue weighted by atomic mass is 32.1. The van der Waals surface area contributed by atoms with E-state index in [-0.39, 0.29) is 5.92 Å². The van der Waals surface area contributed by atoms with Crippen molar-refractivity contribution >= 4 is 23.3 Å². The molecular formula is C7H12N2O2S. The second kappa shape index (κ2) is 3.26. The van der Waals surface area contributed by atoms with Crippen LogP contribution in [0.15, 0.2) is 0 Å². The number of carboxylic acid groups (broad SMARTS) is 1. The van der Waals surface area contributed by atoms with E-state index >= 15 is 0 Å². The summed E-state index contributed by atoms with van der Waals surface area (Å²) in [5.41, 5.74) is 0. The van der Waals surface area contributed by atoms with Crippen LogP contribution in [-0.4, -0.2) is 40.7 Å². The normalized spacial score (nSPS) is 29.8. The van der Waals surface area contributed by atoms with Gasteiger partial charge in [0.05, 0.1) is 0 Å². The van der Waals surface area contributed by atoms with Crippen LogP contribution in [0.1, 0.15) is 6.92 Å². The molecule has 1 saturated heterocycles. The zero-order valence-electron chi connectivity index (χ0n) is 7.07. The van der Waals surface area contributed by atoms with Crippen molar-refractivity contribution < 1.29 is 9.90 Å². The van der Waals surface area contributed by atoms with Gasteiger partial charge in [0.1, 0.15) is 6.04 Å². The third-order valence-corrected chi connectivity index (χ3v) is 2.45. The van der Waals surface area contributed by atoms with Crippen LogP contribution in [0.4, 0.5) is 0 Å². The summed E-state index contributed by atoms with van der Waals surface area (Å²) in [6, 6.07) is -0.534. The minimum Gasteiger partial charge on any atom is -0.480 e. The summed E-state index contributed by atoms with van der Waals surface area (Å²) in [4.78, 5) is 12.5. The maximum Gasteiger partial charge on any atom is 0.326 e. The van der Waals surface area contributed by atoms with Crippen LogP contribution in [0.3, 0.4) is 0 Å². The molecule has 2 atom stereocenters. The average molecular weight is 188 g/mol. The number of aliphatic carboxylic acids is 1. The molecule has 0 aromatic rings. The van der Waals surface area contributed by atoms with Gasteiger partial charge in [-0.2, -0.15) is 0 Å². The largest absolute Gasteiger partial charge is 0.480 e. The van der Waals surface area contributed by atoms with E-state index in [1.807, 2.05) is 18.9 Å². The number of nitrogens with one attached hydrogen (secondary N) is 1. The molecule has 12 heavy (non-hydrogen) atoms. The molecule has 0 radical (unpaired) electrons. The van der Waals surface area contributed by atoms with Gasteiger partial charge in [-0.05, 0) is 12.2 Å². The van der Waals surface area contributed by atoms with Gasteiger partial charge in [0.25, 0.3) is 0 Å². The lowest BCUT2D eigenvalue weighted by Crippen LogP contribution is -2.57. The van der Waals surface area contributed by atoms with Crippen molar-refractivity contribution in [2.45, 2.75) is 13.0 Å². The highest BCUT2D eigenvalue weighted by Crippen LogP contribution is 2.11. The highest BCUT2D eigenvalue weighted by Gasteiger charge is 2.31. The third kappa shape index (κ3) is 1.66. The zero-order chi connectivity index (χ0) is 9.30. The number of rotatable bonds is 1. The minimum absolute atomic E-state index is 0.0826. The first-order chi connectivity index (χ1) is 5.52.